The molecule has 0 spiro atoms. The van der Waals surface area contributed by atoms with Gasteiger partial charge in [-0.15, -0.1) is 0 Å². The van der Waals surface area contributed by atoms with Crippen LogP contribution in [0.5, 0.6) is 5.75 Å². The van der Waals surface area contributed by atoms with Crippen LogP contribution in [0.25, 0.3) is 0 Å². The second-order valence-electron chi connectivity index (χ2n) is 1.72. The van der Waals surface area contributed by atoms with E-state index in [0.29, 0.717) is 12.1 Å². The molecule has 0 aromatic heterocycles. The molecule has 5 heteroatoms. The van der Waals surface area contributed by atoms with E-state index in [-0.39, 0.29) is 26.2 Å². The molecule has 0 fully saturated rings. The summed E-state index contributed by atoms with van der Waals surface area (Å²) in [6.07, 6.45) is 0. The van der Waals surface area contributed by atoms with Gasteiger partial charge in [-0.05, 0) is 0 Å². The first-order valence-corrected chi connectivity index (χ1v) is 2.45. The number of benzene rings is 1. The second kappa shape index (κ2) is 3.91. The van der Waals surface area contributed by atoms with Crippen LogP contribution in [0.3, 0.4) is 0 Å². The molecule has 1 rings (SSSR count). The quantitative estimate of drug-likeness (QED) is 0.732. The van der Waals surface area contributed by atoms with Gasteiger partial charge in [0.05, 0.1) is 0 Å². The molecule has 0 aliphatic carbocycles. The molecule has 0 unspecified atom stereocenters. The smallest absolute Gasteiger partial charge is 0.187 e. The minimum atomic E-state index is -1.29. The summed E-state index contributed by atoms with van der Waals surface area (Å²) >= 11 is 0. The Bertz CT molecular complexity index is 241. The normalized spacial score (nSPS) is 9.00. The summed E-state index contributed by atoms with van der Waals surface area (Å²) in [5, 5.41) is 8.41. The van der Waals surface area contributed by atoms with Crippen molar-refractivity contribution in [2.24, 2.45) is 0 Å². The maximum atomic E-state index is 12.1. The molecule has 0 saturated heterocycles. The van der Waals surface area contributed by atoms with E-state index in [4.69, 9.17) is 5.11 Å². The SMILES string of the molecule is Oc1c(F)cc(F)cc1F.[Zr]. The van der Waals surface area contributed by atoms with E-state index in [9.17, 15) is 13.2 Å². The summed E-state index contributed by atoms with van der Waals surface area (Å²) < 4.78 is 36.2. The van der Waals surface area contributed by atoms with Crippen molar-refractivity contribution in [2.45, 2.75) is 0 Å². The monoisotopic (exact) mass is 238 g/mol. The zero-order chi connectivity index (χ0) is 7.72. The minimum Gasteiger partial charge on any atom is -0.503 e. The zero-order valence-electron chi connectivity index (χ0n) is 5.24. The average molecular weight is 239 g/mol. The molecule has 0 bridgehead atoms. The van der Waals surface area contributed by atoms with Gasteiger partial charge in [0, 0.05) is 38.3 Å². The number of hydrogen-bond donors (Lipinski definition) is 1. The van der Waals surface area contributed by atoms with E-state index in [0.717, 1.165) is 0 Å². The second-order valence-corrected chi connectivity index (χ2v) is 1.72. The Morgan fingerprint density at radius 3 is 1.73 bits per heavy atom. The van der Waals surface area contributed by atoms with Gasteiger partial charge < -0.3 is 5.11 Å². The molecule has 0 atom stereocenters. The van der Waals surface area contributed by atoms with Crippen LogP contribution < -0.4 is 0 Å². The molecule has 1 aromatic rings. The number of halogens is 3. The topological polar surface area (TPSA) is 20.2 Å². The van der Waals surface area contributed by atoms with Gasteiger partial charge in [-0.2, -0.15) is 0 Å². The van der Waals surface area contributed by atoms with Crippen molar-refractivity contribution >= 4 is 0 Å². The van der Waals surface area contributed by atoms with Crippen LogP contribution in [-0.4, -0.2) is 5.11 Å². The van der Waals surface area contributed by atoms with Crippen molar-refractivity contribution in [1.82, 2.24) is 0 Å². The molecule has 1 aromatic carbocycles. The Kier molecular flexibility index (Phi) is 3.80. The fourth-order valence-electron chi connectivity index (χ4n) is 0.535. The van der Waals surface area contributed by atoms with E-state index >= 15 is 0 Å². The van der Waals surface area contributed by atoms with Gasteiger partial charge in [0.2, 0.25) is 0 Å². The fourth-order valence-corrected chi connectivity index (χ4v) is 0.535. The van der Waals surface area contributed by atoms with Crippen LogP contribution in [0.4, 0.5) is 13.2 Å². The Hall–Kier alpha value is -0.307. The molecule has 0 amide bonds. The molecule has 0 aliphatic heterocycles. The van der Waals surface area contributed by atoms with Gasteiger partial charge in [0.1, 0.15) is 5.82 Å². The first-order chi connectivity index (χ1) is 4.61. The number of phenols is 1. The van der Waals surface area contributed by atoms with Crippen LogP contribution in [0.15, 0.2) is 12.1 Å². The van der Waals surface area contributed by atoms with E-state index in [1.165, 1.54) is 0 Å². The van der Waals surface area contributed by atoms with Crippen LogP contribution in [0.2, 0.25) is 0 Å². The van der Waals surface area contributed by atoms with E-state index in [2.05, 4.69) is 0 Å². The number of phenolic OH excluding ortho intramolecular Hbond substituents is 1. The van der Waals surface area contributed by atoms with Crippen LogP contribution in [0, 0.1) is 17.5 Å². The van der Waals surface area contributed by atoms with Gasteiger partial charge in [0.25, 0.3) is 0 Å². The van der Waals surface area contributed by atoms with E-state index < -0.39 is 23.2 Å². The van der Waals surface area contributed by atoms with Crippen LogP contribution >= 0.6 is 0 Å². The van der Waals surface area contributed by atoms with Crippen LogP contribution in [0.1, 0.15) is 0 Å². The molecular weight excluding hydrogens is 236 g/mol. The van der Waals surface area contributed by atoms with E-state index in [1.54, 1.807) is 0 Å². The maximum absolute atomic E-state index is 12.1. The van der Waals surface area contributed by atoms with Crippen molar-refractivity contribution in [3.63, 3.8) is 0 Å². The van der Waals surface area contributed by atoms with Crippen LogP contribution in [-0.2, 0) is 26.2 Å². The molecule has 0 aliphatic rings. The van der Waals surface area contributed by atoms with Gasteiger partial charge in [-0.25, -0.2) is 13.2 Å². The summed E-state index contributed by atoms with van der Waals surface area (Å²) in [5.41, 5.74) is 0. The summed E-state index contributed by atoms with van der Waals surface area (Å²) in [7, 11) is 0. The Balaban J connectivity index is 0.000001000. The summed E-state index contributed by atoms with van der Waals surface area (Å²) in [4.78, 5) is 0. The third kappa shape index (κ3) is 2.33. The maximum Gasteiger partial charge on any atom is 0.187 e. The number of aromatic hydroxyl groups is 1. The molecule has 1 N–H and O–H groups in total. The molecule has 1 nitrogen and oxygen atoms in total. The Morgan fingerprint density at radius 1 is 1.00 bits per heavy atom. The van der Waals surface area contributed by atoms with Crippen molar-refractivity contribution < 1.29 is 44.5 Å². The Morgan fingerprint density at radius 2 is 1.36 bits per heavy atom. The molecule has 11 heavy (non-hydrogen) atoms. The predicted octanol–water partition coefficient (Wildman–Crippen LogP) is 1.81. The first kappa shape index (κ1) is 10.7. The number of rotatable bonds is 0. The van der Waals surface area contributed by atoms with Gasteiger partial charge in [-0.1, -0.05) is 0 Å². The standard InChI is InChI=1S/C6H3F3O.Zr/c7-3-1-4(8)6(10)5(9)2-3;/h1-2,10H;. The summed E-state index contributed by atoms with van der Waals surface area (Å²) in [6, 6.07) is 0.802. The van der Waals surface area contributed by atoms with Crippen molar-refractivity contribution in [2.75, 3.05) is 0 Å². The van der Waals surface area contributed by atoms with Crippen molar-refractivity contribution in [3.05, 3.63) is 29.6 Å². The fraction of sp³-hybridized carbons (Fsp3) is 0. The molecule has 0 radical (unpaired) electrons. The van der Waals surface area contributed by atoms with Gasteiger partial charge in [-0.3, -0.25) is 0 Å². The minimum absolute atomic E-state index is 0. The third-order valence-corrected chi connectivity index (χ3v) is 0.982. The largest absolute Gasteiger partial charge is 0.503 e. The summed E-state index contributed by atoms with van der Waals surface area (Å²) in [5.74, 6) is -4.79. The van der Waals surface area contributed by atoms with Crippen molar-refractivity contribution in [1.29, 1.82) is 0 Å². The third-order valence-electron chi connectivity index (χ3n) is 0.982. The molecule has 0 saturated carbocycles. The predicted molar refractivity (Wildman–Crippen MR) is 28.0 cm³/mol. The zero-order valence-corrected chi connectivity index (χ0v) is 7.69. The van der Waals surface area contributed by atoms with Gasteiger partial charge in [0.15, 0.2) is 17.4 Å². The Labute approximate surface area is 80.0 Å². The van der Waals surface area contributed by atoms with Crippen molar-refractivity contribution in [3.8, 4) is 5.75 Å². The first-order valence-electron chi connectivity index (χ1n) is 2.45. The molecule has 0 heterocycles. The van der Waals surface area contributed by atoms with E-state index in [1.807, 2.05) is 0 Å². The molecular formula is C6H3F3OZr. The molecule has 58 valence electrons. The average Bonchev–Trinajstić information content (AvgIpc) is 1.82. The van der Waals surface area contributed by atoms with Gasteiger partial charge >= 0.3 is 0 Å². The summed E-state index contributed by atoms with van der Waals surface area (Å²) in [6.45, 7) is 0. The number of hydrogen-bond acceptors (Lipinski definition) is 1.